The van der Waals surface area contributed by atoms with Gasteiger partial charge in [0.05, 0.1) is 6.42 Å². The summed E-state index contributed by atoms with van der Waals surface area (Å²) < 4.78 is 0. The fourth-order valence-electron chi connectivity index (χ4n) is 4.41. The minimum Gasteiger partial charge on any atom is -0.480 e. The van der Waals surface area contributed by atoms with Crippen molar-refractivity contribution in [1.29, 1.82) is 0 Å². The van der Waals surface area contributed by atoms with Crippen LogP contribution in [0.3, 0.4) is 0 Å². The molecule has 2 aromatic carbocycles. The quantitative estimate of drug-likeness (QED) is 0.133. The van der Waals surface area contributed by atoms with E-state index in [1.807, 2.05) is 34.6 Å². The third-order valence-corrected chi connectivity index (χ3v) is 6.97. The molecule has 13 nitrogen and oxygen atoms in total. The first-order valence-corrected chi connectivity index (χ1v) is 16.0. The van der Waals surface area contributed by atoms with Crippen molar-refractivity contribution in [3.8, 4) is 11.8 Å². The summed E-state index contributed by atoms with van der Waals surface area (Å²) in [6, 6.07) is 8.95. The van der Waals surface area contributed by atoms with Crippen LogP contribution in [0.4, 0.5) is 16.2 Å². The van der Waals surface area contributed by atoms with Gasteiger partial charge in [-0.3, -0.25) is 14.4 Å². The lowest BCUT2D eigenvalue weighted by Gasteiger charge is -2.22. The Morgan fingerprint density at radius 3 is 1.65 bits per heavy atom. The van der Waals surface area contributed by atoms with Gasteiger partial charge in [-0.05, 0) is 59.7 Å². The predicted octanol–water partition coefficient (Wildman–Crippen LogP) is 4.42. The van der Waals surface area contributed by atoms with Gasteiger partial charge < -0.3 is 36.8 Å². The summed E-state index contributed by atoms with van der Waals surface area (Å²) in [5.74, 6) is 0.874. The Labute approximate surface area is 290 Å². The van der Waals surface area contributed by atoms with E-state index in [0.29, 0.717) is 22.0 Å². The number of hydrogen-bond acceptors (Lipinski definition) is 6. The maximum Gasteiger partial charge on any atom is 0.327 e. The van der Waals surface area contributed by atoms with E-state index in [4.69, 9.17) is 11.6 Å². The molecule has 3 unspecified atom stereocenters. The van der Waals surface area contributed by atoms with Gasteiger partial charge in [0.2, 0.25) is 17.7 Å². The Hall–Kier alpha value is -5.09. The number of carboxylic acid groups (broad SMARTS) is 2. The number of urea groups is 1. The van der Waals surface area contributed by atoms with Gasteiger partial charge >= 0.3 is 18.0 Å². The van der Waals surface area contributed by atoms with Crippen LogP contribution >= 0.6 is 11.6 Å². The summed E-state index contributed by atoms with van der Waals surface area (Å²) >= 11 is 5.86. The molecule has 0 saturated carbocycles. The summed E-state index contributed by atoms with van der Waals surface area (Å²) in [6.07, 6.45) is -0.323. The van der Waals surface area contributed by atoms with Gasteiger partial charge in [0.15, 0.2) is 0 Å². The van der Waals surface area contributed by atoms with Crippen molar-refractivity contribution in [3.63, 3.8) is 0 Å². The number of anilines is 2. The lowest BCUT2D eigenvalue weighted by molar-refractivity contribution is -0.142. The van der Waals surface area contributed by atoms with E-state index in [1.165, 1.54) is 0 Å². The average Bonchev–Trinajstić information content (AvgIpc) is 2.98. The van der Waals surface area contributed by atoms with Gasteiger partial charge in [-0.2, -0.15) is 0 Å². The minimum absolute atomic E-state index is 0.0232. The van der Waals surface area contributed by atoms with E-state index in [1.54, 1.807) is 48.5 Å². The zero-order valence-electron chi connectivity index (χ0n) is 28.2. The summed E-state index contributed by atoms with van der Waals surface area (Å²) in [7, 11) is 0. The Kier molecular flexibility index (Phi) is 15.6. The molecule has 2 aromatic rings. The fourth-order valence-corrected chi connectivity index (χ4v) is 4.54. The number of benzene rings is 2. The van der Waals surface area contributed by atoms with Crippen LogP contribution in [0.5, 0.6) is 0 Å². The highest BCUT2D eigenvalue weighted by atomic mass is 35.5. The van der Waals surface area contributed by atoms with E-state index < -0.39 is 53.8 Å². The number of rotatable bonds is 15. The third kappa shape index (κ3) is 16.0. The molecule has 0 heterocycles. The summed E-state index contributed by atoms with van der Waals surface area (Å²) in [4.78, 5) is 73.9. The standard InChI is InChI=1S/C35H44ClN5O8/c1-21(2)18-28(31(44)41-27(33(47)48)9-7-6-8-26(32(45)46)39-30(43)20-35(3,4)5)40-29(42)19-22-10-14-24(15-11-22)37-34(49)38-25-16-12-23(36)13-17-25/h10-17,21,26-28H,8-9,18-20H2,1-5H3,(H,39,43)(H,40,42)(H,41,44)(H,45,46)(H,47,48)(H2,37,38,49). The molecule has 5 amide bonds. The second kappa shape index (κ2) is 19.0. The van der Waals surface area contributed by atoms with Crippen LogP contribution in [0.2, 0.25) is 5.02 Å². The maximum atomic E-state index is 13.1. The van der Waals surface area contributed by atoms with Gasteiger partial charge in [-0.25, -0.2) is 14.4 Å². The molecule has 0 bridgehead atoms. The molecule has 0 saturated heterocycles. The maximum absolute atomic E-state index is 13.1. The zero-order chi connectivity index (χ0) is 36.7. The van der Waals surface area contributed by atoms with Gasteiger partial charge in [0, 0.05) is 35.7 Å². The molecule has 264 valence electrons. The van der Waals surface area contributed by atoms with Crippen molar-refractivity contribution in [2.75, 3.05) is 10.6 Å². The highest BCUT2D eigenvalue weighted by Gasteiger charge is 2.27. The Balaban J connectivity index is 1.96. The normalized spacial score (nSPS) is 12.7. The fraction of sp³-hybridized carbons (Fsp3) is 0.429. The number of hydrogen-bond donors (Lipinski definition) is 7. The SMILES string of the molecule is CC(C)CC(NC(=O)Cc1ccc(NC(=O)Nc2ccc(Cl)cc2)cc1)C(=O)NC(CC#CCC(NC(=O)CC(C)(C)C)C(=O)O)C(=O)O. The van der Waals surface area contributed by atoms with Gasteiger partial charge in [-0.15, -0.1) is 11.8 Å². The van der Waals surface area contributed by atoms with Crippen LogP contribution in [-0.2, 0) is 30.4 Å². The first-order chi connectivity index (χ1) is 22.9. The van der Waals surface area contributed by atoms with Crippen LogP contribution in [0, 0.1) is 23.2 Å². The number of amides is 5. The highest BCUT2D eigenvalue weighted by Crippen LogP contribution is 2.18. The van der Waals surface area contributed by atoms with E-state index in [0.717, 1.165) is 0 Å². The van der Waals surface area contributed by atoms with E-state index in [9.17, 15) is 39.0 Å². The lowest BCUT2D eigenvalue weighted by Crippen LogP contribution is -2.52. The van der Waals surface area contributed by atoms with Crippen LogP contribution in [-0.4, -0.2) is 64.0 Å². The van der Waals surface area contributed by atoms with Crippen LogP contribution in [0.15, 0.2) is 48.5 Å². The predicted molar refractivity (Wildman–Crippen MR) is 186 cm³/mol. The second-order valence-corrected chi connectivity index (χ2v) is 13.5. The lowest BCUT2D eigenvalue weighted by atomic mass is 9.92. The van der Waals surface area contributed by atoms with Crippen LogP contribution in [0.1, 0.15) is 65.9 Å². The first-order valence-electron chi connectivity index (χ1n) is 15.6. The van der Waals surface area contributed by atoms with E-state index >= 15 is 0 Å². The number of carbonyl (C=O) groups is 6. The molecular formula is C35H44ClN5O8. The molecule has 0 aliphatic carbocycles. The summed E-state index contributed by atoms with van der Waals surface area (Å²) in [5.41, 5.74) is 1.31. The molecule has 0 aliphatic rings. The van der Waals surface area contributed by atoms with Crippen LogP contribution < -0.4 is 26.6 Å². The topological polar surface area (TPSA) is 203 Å². The van der Waals surface area contributed by atoms with Gasteiger partial charge in [0.25, 0.3) is 0 Å². The Morgan fingerprint density at radius 2 is 1.18 bits per heavy atom. The smallest absolute Gasteiger partial charge is 0.327 e. The molecule has 2 rings (SSSR count). The Bertz CT molecular complexity index is 1540. The van der Waals surface area contributed by atoms with E-state index in [-0.39, 0.29) is 43.4 Å². The largest absolute Gasteiger partial charge is 0.480 e. The third-order valence-electron chi connectivity index (χ3n) is 6.71. The molecule has 0 fully saturated rings. The molecule has 0 aromatic heterocycles. The summed E-state index contributed by atoms with van der Waals surface area (Å²) in [5, 5.41) is 32.5. The average molecular weight is 698 g/mol. The van der Waals surface area contributed by atoms with Crippen molar-refractivity contribution in [3.05, 3.63) is 59.1 Å². The molecule has 0 aliphatic heterocycles. The number of nitrogens with one attached hydrogen (secondary N) is 5. The molecule has 14 heteroatoms. The number of carboxylic acids is 2. The monoisotopic (exact) mass is 697 g/mol. The van der Waals surface area contributed by atoms with Crippen LogP contribution in [0.25, 0.3) is 0 Å². The van der Waals surface area contributed by atoms with Crippen molar-refractivity contribution >= 4 is 58.7 Å². The molecule has 0 spiro atoms. The number of halogens is 1. The van der Waals surface area contributed by atoms with Crippen molar-refractivity contribution in [2.24, 2.45) is 11.3 Å². The summed E-state index contributed by atoms with van der Waals surface area (Å²) in [6.45, 7) is 9.21. The molecule has 49 heavy (non-hydrogen) atoms. The zero-order valence-corrected chi connectivity index (χ0v) is 28.9. The Morgan fingerprint density at radius 1 is 0.714 bits per heavy atom. The minimum atomic E-state index is -1.43. The molecule has 0 radical (unpaired) electrons. The molecule has 3 atom stereocenters. The van der Waals surface area contributed by atoms with Gasteiger partial charge in [-0.1, -0.05) is 58.4 Å². The first kappa shape index (κ1) is 40.1. The van der Waals surface area contributed by atoms with Crippen molar-refractivity contribution < 1.29 is 39.0 Å². The van der Waals surface area contributed by atoms with Gasteiger partial charge in [0.1, 0.15) is 18.1 Å². The number of aliphatic carboxylic acids is 2. The van der Waals surface area contributed by atoms with Crippen molar-refractivity contribution in [2.45, 2.75) is 84.8 Å². The second-order valence-electron chi connectivity index (χ2n) is 13.1. The molecular weight excluding hydrogens is 654 g/mol. The highest BCUT2D eigenvalue weighted by molar-refractivity contribution is 6.30. The van der Waals surface area contributed by atoms with Crippen molar-refractivity contribution in [1.82, 2.24) is 16.0 Å². The number of carbonyl (C=O) groups excluding carboxylic acids is 4. The van der Waals surface area contributed by atoms with E-state index in [2.05, 4.69) is 38.4 Å². The molecule has 7 N–H and O–H groups in total.